The Bertz CT molecular complexity index is 383. The molecule has 0 radical (unpaired) electrons. The van der Waals surface area contributed by atoms with Gasteiger partial charge in [-0.1, -0.05) is 6.92 Å². The summed E-state index contributed by atoms with van der Waals surface area (Å²) in [7, 11) is 0. The van der Waals surface area contributed by atoms with E-state index in [0.717, 1.165) is 32.5 Å². The van der Waals surface area contributed by atoms with E-state index in [4.69, 9.17) is 9.63 Å². The summed E-state index contributed by atoms with van der Waals surface area (Å²) in [6.07, 6.45) is 2.91. The predicted molar refractivity (Wildman–Crippen MR) is 59.8 cm³/mol. The average Bonchev–Trinajstić information content (AvgIpc) is 2.79. The highest BCUT2D eigenvalue weighted by Crippen LogP contribution is 2.20. The minimum atomic E-state index is -1.14. The van der Waals surface area contributed by atoms with Crippen LogP contribution in [0.15, 0.2) is 4.52 Å². The van der Waals surface area contributed by atoms with Gasteiger partial charge in [-0.05, 0) is 43.6 Å². The zero-order chi connectivity index (χ0) is 12.3. The number of likely N-dealkylation sites (tertiary alicyclic amines) is 1. The highest BCUT2D eigenvalue weighted by atomic mass is 16.5. The summed E-state index contributed by atoms with van der Waals surface area (Å²) in [4.78, 5) is 16.9. The first-order chi connectivity index (χ1) is 8.19. The molecule has 0 aromatic carbocycles. The number of rotatable bonds is 4. The number of carbonyl (C=O) groups is 1. The third-order valence-electron chi connectivity index (χ3n) is 3.28. The molecule has 0 unspecified atom stereocenters. The molecule has 1 aliphatic heterocycles. The van der Waals surface area contributed by atoms with Crippen LogP contribution in [0, 0.1) is 5.92 Å². The lowest BCUT2D eigenvalue weighted by Gasteiger charge is -2.30. The van der Waals surface area contributed by atoms with E-state index in [9.17, 15) is 4.79 Å². The molecular weight excluding hydrogens is 222 g/mol. The summed E-state index contributed by atoms with van der Waals surface area (Å²) in [5.41, 5.74) is 0. The Morgan fingerprint density at radius 2 is 2.24 bits per heavy atom. The van der Waals surface area contributed by atoms with Crippen molar-refractivity contribution >= 4 is 5.97 Å². The highest BCUT2D eigenvalue weighted by molar-refractivity contribution is 5.82. The van der Waals surface area contributed by atoms with E-state index in [2.05, 4.69) is 22.0 Å². The van der Waals surface area contributed by atoms with Crippen LogP contribution in [0.5, 0.6) is 0 Å². The minimum absolute atomic E-state index is 0.244. The molecule has 0 bridgehead atoms. The van der Waals surface area contributed by atoms with E-state index in [1.807, 2.05) is 0 Å². The Morgan fingerprint density at radius 3 is 2.76 bits per heavy atom. The van der Waals surface area contributed by atoms with E-state index in [-0.39, 0.29) is 5.82 Å². The van der Waals surface area contributed by atoms with Crippen LogP contribution in [0.1, 0.15) is 36.3 Å². The molecule has 0 spiro atoms. The fourth-order valence-corrected chi connectivity index (χ4v) is 2.18. The standard InChI is InChI=1S/C11H17N3O3/c1-2-14-5-3-8(4-6-14)7-9-12-10(11(15)16)13-17-9/h8H,2-7H2,1H3,(H,15,16). The lowest BCUT2D eigenvalue weighted by molar-refractivity contribution is 0.0680. The molecule has 0 atom stereocenters. The first-order valence-electron chi connectivity index (χ1n) is 5.97. The van der Waals surface area contributed by atoms with Gasteiger partial charge in [0.15, 0.2) is 0 Å². The van der Waals surface area contributed by atoms with Crippen LogP contribution in [0.4, 0.5) is 0 Å². The quantitative estimate of drug-likeness (QED) is 0.845. The summed E-state index contributed by atoms with van der Waals surface area (Å²) >= 11 is 0. The first-order valence-corrected chi connectivity index (χ1v) is 5.97. The van der Waals surface area contributed by atoms with Crippen LogP contribution in [-0.4, -0.2) is 45.8 Å². The molecule has 0 amide bonds. The van der Waals surface area contributed by atoms with E-state index >= 15 is 0 Å². The van der Waals surface area contributed by atoms with Gasteiger partial charge in [-0.15, -0.1) is 0 Å². The number of carboxylic acid groups (broad SMARTS) is 1. The molecule has 94 valence electrons. The van der Waals surface area contributed by atoms with Crippen LogP contribution in [-0.2, 0) is 6.42 Å². The Kier molecular flexibility index (Phi) is 3.73. The second kappa shape index (κ2) is 5.27. The van der Waals surface area contributed by atoms with Gasteiger partial charge in [0.05, 0.1) is 0 Å². The predicted octanol–water partition coefficient (Wildman–Crippen LogP) is 1.04. The largest absolute Gasteiger partial charge is 0.475 e. The Hall–Kier alpha value is -1.43. The van der Waals surface area contributed by atoms with Crippen molar-refractivity contribution < 1.29 is 14.4 Å². The van der Waals surface area contributed by atoms with Crippen LogP contribution in [0.2, 0.25) is 0 Å². The highest BCUT2D eigenvalue weighted by Gasteiger charge is 2.21. The molecule has 1 aromatic heterocycles. The number of aromatic carboxylic acids is 1. The fourth-order valence-electron chi connectivity index (χ4n) is 2.18. The topological polar surface area (TPSA) is 79.5 Å². The van der Waals surface area contributed by atoms with Crippen molar-refractivity contribution in [3.05, 3.63) is 11.7 Å². The van der Waals surface area contributed by atoms with Gasteiger partial charge in [-0.3, -0.25) is 0 Å². The molecule has 6 nitrogen and oxygen atoms in total. The number of aromatic nitrogens is 2. The lowest BCUT2D eigenvalue weighted by Crippen LogP contribution is -2.34. The Morgan fingerprint density at radius 1 is 1.53 bits per heavy atom. The third-order valence-corrected chi connectivity index (χ3v) is 3.28. The van der Waals surface area contributed by atoms with Crippen molar-refractivity contribution in [2.24, 2.45) is 5.92 Å². The summed E-state index contributed by atoms with van der Waals surface area (Å²) < 4.78 is 4.93. The van der Waals surface area contributed by atoms with Gasteiger partial charge in [-0.2, -0.15) is 4.98 Å². The van der Waals surface area contributed by atoms with Gasteiger partial charge < -0.3 is 14.5 Å². The Labute approximate surface area is 99.6 Å². The fraction of sp³-hybridized carbons (Fsp3) is 0.727. The number of hydrogen-bond acceptors (Lipinski definition) is 5. The summed E-state index contributed by atoms with van der Waals surface area (Å²) in [6, 6.07) is 0. The van der Waals surface area contributed by atoms with E-state index < -0.39 is 5.97 Å². The van der Waals surface area contributed by atoms with Gasteiger partial charge >= 0.3 is 5.97 Å². The normalized spacial score (nSPS) is 18.4. The smallest absolute Gasteiger partial charge is 0.377 e. The summed E-state index contributed by atoms with van der Waals surface area (Å²) in [5, 5.41) is 12.1. The third kappa shape index (κ3) is 3.03. The van der Waals surface area contributed by atoms with Gasteiger partial charge in [0.25, 0.3) is 5.82 Å². The molecule has 1 fully saturated rings. The van der Waals surface area contributed by atoms with Crippen LogP contribution in [0.25, 0.3) is 0 Å². The number of nitrogens with zero attached hydrogens (tertiary/aromatic N) is 3. The van der Waals surface area contributed by atoms with Gasteiger partial charge in [-0.25, -0.2) is 4.79 Å². The molecule has 6 heteroatoms. The van der Waals surface area contributed by atoms with Crippen LogP contribution in [0.3, 0.4) is 0 Å². The lowest BCUT2D eigenvalue weighted by atomic mass is 9.93. The molecular formula is C11H17N3O3. The van der Waals surface area contributed by atoms with E-state index in [1.165, 1.54) is 0 Å². The maximum Gasteiger partial charge on any atom is 0.377 e. The van der Waals surface area contributed by atoms with Crippen molar-refractivity contribution in [3.8, 4) is 0 Å². The maximum absolute atomic E-state index is 10.6. The number of hydrogen-bond donors (Lipinski definition) is 1. The molecule has 1 aliphatic rings. The first kappa shape index (κ1) is 12.0. The molecule has 0 aliphatic carbocycles. The zero-order valence-corrected chi connectivity index (χ0v) is 9.93. The molecule has 17 heavy (non-hydrogen) atoms. The molecule has 1 aromatic rings. The van der Waals surface area contributed by atoms with Crippen molar-refractivity contribution in [1.29, 1.82) is 0 Å². The molecule has 2 rings (SSSR count). The monoisotopic (exact) mass is 239 g/mol. The number of piperidine rings is 1. The second-order valence-corrected chi connectivity index (χ2v) is 4.40. The van der Waals surface area contributed by atoms with Gasteiger partial charge in [0, 0.05) is 6.42 Å². The van der Waals surface area contributed by atoms with Crippen molar-refractivity contribution in [1.82, 2.24) is 15.0 Å². The SMILES string of the molecule is CCN1CCC(Cc2nc(C(=O)O)no2)CC1. The molecule has 2 heterocycles. The maximum atomic E-state index is 10.6. The van der Waals surface area contributed by atoms with Crippen LogP contribution >= 0.6 is 0 Å². The van der Waals surface area contributed by atoms with Crippen molar-refractivity contribution in [2.75, 3.05) is 19.6 Å². The number of carboxylic acids is 1. The molecule has 1 N–H and O–H groups in total. The van der Waals surface area contributed by atoms with Gasteiger partial charge in [0.1, 0.15) is 0 Å². The molecule has 1 saturated heterocycles. The zero-order valence-electron chi connectivity index (χ0n) is 9.93. The van der Waals surface area contributed by atoms with E-state index in [1.54, 1.807) is 0 Å². The molecule has 0 saturated carbocycles. The average molecular weight is 239 g/mol. The van der Waals surface area contributed by atoms with Crippen molar-refractivity contribution in [3.63, 3.8) is 0 Å². The Balaban J connectivity index is 1.86. The summed E-state index contributed by atoms with van der Waals surface area (Å²) in [6.45, 7) is 5.45. The van der Waals surface area contributed by atoms with Crippen LogP contribution < -0.4 is 0 Å². The minimum Gasteiger partial charge on any atom is -0.475 e. The second-order valence-electron chi connectivity index (χ2n) is 4.40. The van der Waals surface area contributed by atoms with E-state index in [0.29, 0.717) is 18.2 Å². The van der Waals surface area contributed by atoms with Crippen molar-refractivity contribution in [2.45, 2.75) is 26.2 Å². The summed E-state index contributed by atoms with van der Waals surface area (Å²) in [5.74, 6) is -0.413. The van der Waals surface area contributed by atoms with Gasteiger partial charge in [0.2, 0.25) is 5.89 Å².